The Morgan fingerprint density at radius 3 is 2.61 bits per heavy atom. The van der Waals surface area contributed by atoms with Crippen molar-refractivity contribution in [2.75, 3.05) is 36.0 Å². The molecule has 0 aromatic heterocycles. The van der Waals surface area contributed by atoms with Gasteiger partial charge in [0.15, 0.2) is 6.10 Å². The van der Waals surface area contributed by atoms with Crippen LogP contribution in [0.1, 0.15) is 20.3 Å². The SMILES string of the molecule is CCN(CCCNC(=O)CN1C(=O)C(C)Oc2ccccc21)c1ccccc1. The minimum absolute atomic E-state index is 0.000274. The van der Waals surface area contributed by atoms with Crippen molar-refractivity contribution in [3.05, 3.63) is 54.6 Å². The van der Waals surface area contributed by atoms with Crippen molar-refractivity contribution in [1.29, 1.82) is 0 Å². The summed E-state index contributed by atoms with van der Waals surface area (Å²) in [5.74, 6) is 0.263. The smallest absolute Gasteiger partial charge is 0.268 e. The number of nitrogens with one attached hydrogen (secondary N) is 1. The maximum absolute atomic E-state index is 12.5. The largest absolute Gasteiger partial charge is 0.479 e. The predicted octanol–water partition coefficient (Wildman–Crippen LogP) is 2.83. The fourth-order valence-electron chi connectivity index (χ4n) is 3.33. The molecule has 1 N–H and O–H groups in total. The number of amides is 2. The summed E-state index contributed by atoms with van der Waals surface area (Å²) in [6.07, 6.45) is 0.241. The van der Waals surface area contributed by atoms with Crippen LogP contribution >= 0.6 is 0 Å². The molecule has 148 valence electrons. The van der Waals surface area contributed by atoms with E-state index in [4.69, 9.17) is 4.74 Å². The Hall–Kier alpha value is -3.02. The summed E-state index contributed by atoms with van der Waals surface area (Å²) in [6.45, 7) is 6.16. The van der Waals surface area contributed by atoms with Gasteiger partial charge < -0.3 is 15.0 Å². The summed E-state index contributed by atoms with van der Waals surface area (Å²) in [4.78, 5) is 28.6. The van der Waals surface area contributed by atoms with Gasteiger partial charge in [-0.3, -0.25) is 14.5 Å². The molecular weight excluding hydrogens is 354 g/mol. The van der Waals surface area contributed by atoms with Gasteiger partial charge in [-0.25, -0.2) is 0 Å². The van der Waals surface area contributed by atoms with Crippen LogP contribution in [0.25, 0.3) is 0 Å². The Bertz CT molecular complexity index is 810. The van der Waals surface area contributed by atoms with Gasteiger partial charge in [-0.05, 0) is 44.5 Å². The van der Waals surface area contributed by atoms with Gasteiger partial charge >= 0.3 is 0 Å². The Balaban J connectivity index is 1.50. The van der Waals surface area contributed by atoms with Gasteiger partial charge in [0.05, 0.1) is 5.69 Å². The van der Waals surface area contributed by atoms with Gasteiger partial charge in [0.25, 0.3) is 5.91 Å². The summed E-state index contributed by atoms with van der Waals surface area (Å²) >= 11 is 0. The number of para-hydroxylation sites is 3. The van der Waals surface area contributed by atoms with Crippen molar-refractivity contribution in [3.8, 4) is 5.75 Å². The number of benzene rings is 2. The van der Waals surface area contributed by atoms with E-state index >= 15 is 0 Å². The molecule has 3 rings (SSSR count). The number of fused-ring (bicyclic) bond motifs is 1. The molecule has 0 saturated heterocycles. The predicted molar refractivity (Wildman–Crippen MR) is 111 cm³/mol. The zero-order valence-corrected chi connectivity index (χ0v) is 16.4. The van der Waals surface area contributed by atoms with E-state index in [-0.39, 0.29) is 18.4 Å². The van der Waals surface area contributed by atoms with Gasteiger partial charge in [0.2, 0.25) is 5.91 Å². The normalized spacial score (nSPS) is 15.6. The van der Waals surface area contributed by atoms with Gasteiger partial charge in [0.1, 0.15) is 12.3 Å². The molecule has 6 nitrogen and oxygen atoms in total. The molecule has 1 aliphatic heterocycles. The second-order valence-corrected chi connectivity index (χ2v) is 6.77. The molecule has 2 aromatic carbocycles. The van der Waals surface area contributed by atoms with Crippen LogP contribution in [0.5, 0.6) is 5.75 Å². The second kappa shape index (κ2) is 9.26. The molecule has 1 aliphatic rings. The number of hydrogen-bond acceptors (Lipinski definition) is 4. The molecule has 0 radical (unpaired) electrons. The standard InChI is InChI=1S/C22H27N3O3/c1-3-24(18-10-5-4-6-11-18)15-9-14-23-21(26)16-25-19-12-7-8-13-20(19)28-17(2)22(25)27/h4-8,10-13,17H,3,9,14-16H2,1-2H3,(H,23,26). The lowest BCUT2D eigenvalue weighted by Crippen LogP contribution is -2.49. The maximum Gasteiger partial charge on any atom is 0.268 e. The minimum atomic E-state index is -0.591. The van der Waals surface area contributed by atoms with E-state index in [0.717, 1.165) is 19.5 Å². The molecule has 0 bridgehead atoms. The van der Waals surface area contributed by atoms with Crippen LogP contribution in [0.3, 0.4) is 0 Å². The molecule has 1 heterocycles. The maximum atomic E-state index is 12.5. The zero-order chi connectivity index (χ0) is 19.9. The van der Waals surface area contributed by atoms with E-state index in [1.54, 1.807) is 13.0 Å². The molecule has 0 fully saturated rings. The van der Waals surface area contributed by atoms with Crippen molar-refractivity contribution in [2.24, 2.45) is 0 Å². The number of rotatable bonds is 8. The quantitative estimate of drug-likeness (QED) is 0.715. The van der Waals surface area contributed by atoms with Crippen molar-refractivity contribution < 1.29 is 14.3 Å². The number of carbonyl (C=O) groups is 2. The molecule has 0 saturated carbocycles. The molecule has 2 amide bonds. The van der Waals surface area contributed by atoms with Gasteiger partial charge in [-0.1, -0.05) is 30.3 Å². The average Bonchev–Trinajstić information content (AvgIpc) is 2.72. The first-order valence-electron chi connectivity index (χ1n) is 9.74. The molecular formula is C22H27N3O3. The number of hydrogen-bond donors (Lipinski definition) is 1. The van der Waals surface area contributed by atoms with E-state index < -0.39 is 6.10 Å². The van der Waals surface area contributed by atoms with Gasteiger partial charge in [-0.2, -0.15) is 0 Å². The van der Waals surface area contributed by atoms with Crippen molar-refractivity contribution in [2.45, 2.75) is 26.4 Å². The Morgan fingerprint density at radius 2 is 1.86 bits per heavy atom. The molecule has 2 aromatic rings. The highest BCUT2D eigenvalue weighted by molar-refractivity contribution is 6.03. The summed E-state index contributed by atoms with van der Waals surface area (Å²) in [5.41, 5.74) is 1.82. The Kier molecular flexibility index (Phi) is 6.53. The van der Waals surface area contributed by atoms with Crippen LogP contribution < -0.4 is 19.9 Å². The van der Waals surface area contributed by atoms with E-state index in [1.807, 2.05) is 36.4 Å². The lowest BCUT2D eigenvalue weighted by atomic mass is 10.2. The number of carbonyl (C=O) groups excluding carboxylic acids is 2. The van der Waals surface area contributed by atoms with E-state index in [0.29, 0.717) is 18.0 Å². The Labute approximate surface area is 166 Å². The third kappa shape index (κ3) is 4.63. The van der Waals surface area contributed by atoms with Crippen LogP contribution in [0.4, 0.5) is 11.4 Å². The summed E-state index contributed by atoms with van der Waals surface area (Å²) in [6, 6.07) is 17.5. The molecule has 6 heteroatoms. The summed E-state index contributed by atoms with van der Waals surface area (Å²) in [5, 5.41) is 2.93. The highest BCUT2D eigenvalue weighted by Crippen LogP contribution is 2.33. The summed E-state index contributed by atoms with van der Waals surface area (Å²) < 4.78 is 5.61. The number of anilines is 2. The van der Waals surface area contributed by atoms with Crippen LogP contribution in [0, 0.1) is 0 Å². The van der Waals surface area contributed by atoms with Crippen molar-refractivity contribution in [3.63, 3.8) is 0 Å². The molecule has 28 heavy (non-hydrogen) atoms. The zero-order valence-electron chi connectivity index (χ0n) is 16.4. The molecule has 0 aliphatic carbocycles. The molecule has 1 atom stereocenters. The second-order valence-electron chi connectivity index (χ2n) is 6.77. The monoisotopic (exact) mass is 381 g/mol. The average molecular weight is 381 g/mol. The topological polar surface area (TPSA) is 61.9 Å². The first-order valence-corrected chi connectivity index (χ1v) is 9.74. The van der Waals surface area contributed by atoms with E-state index in [2.05, 4.69) is 29.3 Å². The van der Waals surface area contributed by atoms with E-state index in [9.17, 15) is 9.59 Å². The lowest BCUT2D eigenvalue weighted by molar-refractivity contribution is -0.128. The van der Waals surface area contributed by atoms with Crippen LogP contribution in [-0.4, -0.2) is 44.1 Å². The number of nitrogens with zero attached hydrogens (tertiary/aromatic N) is 2. The highest BCUT2D eigenvalue weighted by Gasteiger charge is 2.32. The molecule has 0 spiro atoms. The third-order valence-electron chi connectivity index (χ3n) is 4.81. The summed E-state index contributed by atoms with van der Waals surface area (Å²) in [7, 11) is 0. The first-order chi connectivity index (χ1) is 13.6. The Morgan fingerprint density at radius 1 is 1.14 bits per heavy atom. The van der Waals surface area contributed by atoms with Crippen LogP contribution in [0.15, 0.2) is 54.6 Å². The first kappa shape index (κ1) is 19.7. The fourth-order valence-corrected chi connectivity index (χ4v) is 3.33. The van der Waals surface area contributed by atoms with Crippen molar-refractivity contribution in [1.82, 2.24) is 5.32 Å². The van der Waals surface area contributed by atoms with Crippen LogP contribution in [-0.2, 0) is 9.59 Å². The van der Waals surface area contributed by atoms with Gasteiger partial charge in [0, 0.05) is 25.3 Å². The van der Waals surface area contributed by atoms with E-state index in [1.165, 1.54) is 10.6 Å². The number of ether oxygens (including phenoxy) is 1. The third-order valence-corrected chi connectivity index (χ3v) is 4.81. The van der Waals surface area contributed by atoms with Crippen molar-refractivity contribution >= 4 is 23.2 Å². The minimum Gasteiger partial charge on any atom is -0.479 e. The highest BCUT2D eigenvalue weighted by atomic mass is 16.5. The fraction of sp³-hybridized carbons (Fsp3) is 0.364. The molecule has 1 unspecified atom stereocenters. The van der Waals surface area contributed by atoms with Crippen LogP contribution in [0.2, 0.25) is 0 Å². The van der Waals surface area contributed by atoms with Gasteiger partial charge in [-0.15, -0.1) is 0 Å². The lowest BCUT2D eigenvalue weighted by Gasteiger charge is -2.32.